The third-order valence-electron chi connectivity index (χ3n) is 5.68. The molecule has 2 unspecified atom stereocenters. The van der Waals surface area contributed by atoms with Gasteiger partial charge in [0.15, 0.2) is 0 Å². The van der Waals surface area contributed by atoms with Crippen molar-refractivity contribution in [3.8, 4) is 5.75 Å². The van der Waals surface area contributed by atoms with Gasteiger partial charge in [0, 0.05) is 11.4 Å². The zero-order valence-electron chi connectivity index (χ0n) is 18.9. The van der Waals surface area contributed by atoms with E-state index in [1.807, 2.05) is 97.6 Å². The van der Waals surface area contributed by atoms with E-state index in [-0.39, 0.29) is 23.1 Å². The van der Waals surface area contributed by atoms with Crippen LogP contribution in [0.5, 0.6) is 5.75 Å². The first-order valence-corrected chi connectivity index (χ1v) is 12.3. The molecule has 4 rings (SSSR count). The van der Waals surface area contributed by atoms with Crippen LogP contribution in [0.25, 0.3) is 0 Å². The number of nitrogens with zero attached hydrogens (tertiary/aromatic N) is 1. The van der Waals surface area contributed by atoms with Gasteiger partial charge in [0.25, 0.3) is 0 Å². The molecule has 1 aliphatic rings. The van der Waals surface area contributed by atoms with Crippen molar-refractivity contribution in [3.05, 3.63) is 90.0 Å². The maximum absolute atomic E-state index is 12.9. The average molecular weight is 461 g/mol. The fraction of sp³-hybridized carbons (Fsp3) is 0.259. The largest absolute Gasteiger partial charge is 0.494 e. The van der Waals surface area contributed by atoms with Crippen LogP contribution < -0.4 is 15.0 Å². The Morgan fingerprint density at radius 1 is 1.03 bits per heavy atom. The second-order valence-corrected chi connectivity index (χ2v) is 8.91. The van der Waals surface area contributed by atoms with Gasteiger partial charge >= 0.3 is 0 Å². The standard InChI is InChI=1S/C27H28N2O3S/c1-3-24(19-8-6-5-7-9-19)26(31)28-21-12-10-20(11-13-21)27-29(25(30)18-33-27)22-14-16-23(17-15-22)32-4-2/h5-17,24,27H,3-4,18H2,1-2H3,(H,28,31). The van der Waals surface area contributed by atoms with Crippen LogP contribution >= 0.6 is 11.8 Å². The number of hydrogen-bond donors (Lipinski definition) is 1. The Morgan fingerprint density at radius 3 is 2.36 bits per heavy atom. The van der Waals surface area contributed by atoms with Crippen LogP contribution in [0.3, 0.4) is 0 Å². The highest BCUT2D eigenvalue weighted by Gasteiger charge is 2.34. The van der Waals surface area contributed by atoms with Gasteiger partial charge in [-0.05, 0) is 60.9 Å². The van der Waals surface area contributed by atoms with Crippen LogP contribution in [-0.4, -0.2) is 24.2 Å². The number of carbonyl (C=O) groups excluding carboxylic acids is 2. The molecule has 0 aliphatic carbocycles. The number of anilines is 2. The van der Waals surface area contributed by atoms with E-state index in [4.69, 9.17) is 4.74 Å². The maximum atomic E-state index is 12.9. The molecule has 1 fully saturated rings. The van der Waals surface area contributed by atoms with E-state index >= 15 is 0 Å². The smallest absolute Gasteiger partial charge is 0.238 e. The fourth-order valence-electron chi connectivity index (χ4n) is 4.04. The number of amides is 2. The van der Waals surface area contributed by atoms with Gasteiger partial charge < -0.3 is 10.1 Å². The predicted octanol–water partition coefficient (Wildman–Crippen LogP) is 6.00. The van der Waals surface area contributed by atoms with E-state index < -0.39 is 0 Å². The highest BCUT2D eigenvalue weighted by Crippen LogP contribution is 2.42. The van der Waals surface area contributed by atoms with E-state index in [0.717, 1.165) is 34.7 Å². The van der Waals surface area contributed by atoms with Crippen LogP contribution in [0.1, 0.15) is 42.7 Å². The summed E-state index contributed by atoms with van der Waals surface area (Å²) in [6.45, 7) is 4.57. The van der Waals surface area contributed by atoms with Crippen LogP contribution in [-0.2, 0) is 9.59 Å². The number of ether oxygens (including phenoxy) is 1. The van der Waals surface area contributed by atoms with Crippen LogP contribution in [0.15, 0.2) is 78.9 Å². The Kier molecular flexibility index (Phi) is 7.35. The van der Waals surface area contributed by atoms with Crippen molar-refractivity contribution in [3.63, 3.8) is 0 Å². The molecule has 170 valence electrons. The SMILES string of the molecule is CCOc1ccc(N2C(=O)CSC2c2ccc(NC(=O)C(CC)c3ccccc3)cc2)cc1. The number of rotatable bonds is 8. The first-order valence-electron chi connectivity index (χ1n) is 11.2. The third kappa shape index (κ3) is 5.22. The molecule has 3 aromatic rings. The van der Waals surface area contributed by atoms with Crippen molar-refractivity contribution in [1.82, 2.24) is 0 Å². The lowest BCUT2D eigenvalue weighted by Gasteiger charge is -2.25. The van der Waals surface area contributed by atoms with Gasteiger partial charge in [0.05, 0.1) is 18.3 Å². The summed E-state index contributed by atoms with van der Waals surface area (Å²) in [5.41, 5.74) is 3.64. The van der Waals surface area contributed by atoms with Crippen molar-refractivity contribution in [2.45, 2.75) is 31.6 Å². The average Bonchev–Trinajstić information content (AvgIpc) is 3.23. The third-order valence-corrected chi connectivity index (χ3v) is 6.90. The summed E-state index contributed by atoms with van der Waals surface area (Å²) in [5, 5.41) is 2.94. The molecule has 1 heterocycles. The van der Waals surface area contributed by atoms with Gasteiger partial charge in [-0.15, -0.1) is 11.8 Å². The Hall–Kier alpha value is -3.25. The van der Waals surface area contributed by atoms with E-state index in [2.05, 4.69) is 5.32 Å². The molecule has 33 heavy (non-hydrogen) atoms. The molecule has 1 aliphatic heterocycles. The molecule has 1 N–H and O–H groups in total. The van der Waals surface area contributed by atoms with Gasteiger partial charge in [-0.3, -0.25) is 14.5 Å². The highest BCUT2D eigenvalue weighted by atomic mass is 32.2. The van der Waals surface area contributed by atoms with Gasteiger partial charge in [-0.1, -0.05) is 49.4 Å². The molecule has 3 aromatic carbocycles. The fourth-order valence-corrected chi connectivity index (χ4v) is 5.22. The van der Waals surface area contributed by atoms with Crippen molar-refractivity contribution < 1.29 is 14.3 Å². The Balaban J connectivity index is 1.47. The van der Waals surface area contributed by atoms with Crippen molar-refractivity contribution in [2.75, 3.05) is 22.6 Å². The molecule has 0 aromatic heterocycles. The lowest BCUT2D eigenvalue weighted by atomic mass is 9.95. The molecule has 0 radical (unpaired) electrons. The van der Waals surface area contributed by atoms with Crippen LogP contribution in [0.2, 0.25) is 0 Å². The van der Waals surface area contributed by atoms with Crippen molar-refractivity contribution in [1.29, 1.82) is 0 Å². The number of carbonyl (C=O) groups is 2. The summed E-state index contributed by atoms with van der Waals surface area (Å²) in [5.74, 6) is 1.10. The summed E-state index contributed by atoms with van der Waals surface area (Å²) in [7, 11) is 0. The Labute approximate surface area is 199 Å². The molecule has 0 spiro atoms. The Bertz CT molecular complexity index is 1080. The van der Waals surface area contributed by atoms with Crippen LogP contribution in [0, 0.1) is 0 Å². The molecule has 6 heteroatoms. The second kappa shape index (κ2) is 10.6. The summed E-state index contributed by atoms with van der Waals surface area (Å²) in [6.07, 6.45) is 0.728. The second-order valence-electron chi connectivity index (χ2n) is 7.84. The summed E-state index contributed by atoms with van der Waals surface area (Å²) < 4.78 is 5.52. The summed E-state index contributed by atoms with van der Waals surface area (Å²) in [6, 6.07) is 25.2. The van der Waals surface area contributed by atoms with Gasteiger partial charge in [-0.25, -0.2) is 0 Å². The van der Waals surface area contributed by atoms with Gasteiger partial charge in [0.1, 0.15) is 11.1 Å². The number of benzene rings is 3. The molecule has 2 atom stereocenters. The minimum absolute atomic E-state index is 0.0158. The molecule has 0 bridgehead atoms. The molecular weight excluding hydrogens is 432 g/mol. The van der Waals surface area contributed by atoms with E-state index in [1.54, 1.807) is 11.8 Å². The first kappa shape index (κ1) is 22.9. The quantitative estimate of drug-likeness (QED) is 0.448. The van der Waals surface area contributed by atoms with Crippen molar-refractivity contribution in [2.24, 2.45) is 0 Å². The molecule has 0 saturated carbocycles. The predicted molar refractivity (Wildman–Crippen MR) is 135 cm³/mol. The van der Waals surface area contributed by atoms with E-state index in [9.17, 15) is 9.59 Å². The molecule has 5 nitrogen and oxygen atoms in total. The van der Waals surface area contributed by atoms with E-state index in [1.165, 1.54) is 0 Å². The van der Waals surface area contributed by atoms with Crippen LogP contribution in [0.4, 0.5) is 11.4 Å². The van der Waals surface area contributed by atoms with Gasteiger partial charge in [-0.2, -0.15) is 0 Å². The molecule has 2 amide bonds. The summed E-state index contributed by atoms with van der Waals surface area (Å²) in [4.78, 5) is 27.3. The zero-order chi connectivity index (χ0) is 23.2. The number of thioether (sulfide) groups is 1. The highest BCUT2D eigenvalue weighted by molar-refractivity contribution is 8.00. The lowest BCUT2D eigenvalue weighted by Crippen LogP contribution is -2.27. The minimum Gasteiger partial charge on any atom is -0.494 e. The minimum atomic E-state index is -0.191. The lowest BCUT2D eigenvalue weighted by molar-refractivity contribution is -0.118. The van der Waals surface area contributed by atoms with Gasteiger partial charge in [0.2, 0.25) is 11.8 Å². The summed E-state index contributed by atoms with van der Waals surface area (Å²) >= 11 is 1.60. The van der Waals surface area contributed by atoms with E-state index in [0.29, 0.717) is 12.4 Å². The molecular formula is C27H28N2O3S. The Morgan fingerprint density at radius 2 is 1.73 bits per heavy atom. The topological polar surface area (TPSA) is 58.6 Å². The first-order chi connectivity index (χ1) is 16.1. The number of nitrogens with one attached hydrogen (secondary N) is 1. The van der Waals surface area contributed by atoms with Crippen molar-refractivity contribution >= 4 is 35.0 Å². The molecule has 1 saturated heterocycles. The monoisotopic (exact) mass is 460 g/mol. The maximum Gasteiger partial charge on any atom is 0.238 e. The number of hydrogen-bond acceptors (Lipinski definition) is 4. The normalized spacial score (nSPS) is 16.5. The zero-order valence-corrected chi connectivity index (χ0v) is 19.7.